The van der Waals surface area contributed by atoms with E-state index in [0.29, 0.717) is 29.6 Å². The van der Waals surface area contributed by atoms with Gasteiger partial charge in [-0.1, -0.05) is 126 Å². The predicted octanol–water partition coefficient (Wildman–Crippen LogP) is 12.1. The van der Waals surface area contributed by atoms with Crippen molar-refractivity contribution in [3.05, 3.63) is 150 Å². The molecule has 1 nitrogen and oxygen atoms in total. The SMILES string of the molecule is C=C\C=C/C=C(C)/C(=C/C(C)C(C)C1=CCC2C(=C1)C(C)C(/C=C\C=C)c1cc3c(C)c(/C=C\C=C)oc3cc12)CC. The third-order valence-electron chi connectivity index (χ3n) is 9.40. The van der Waals surface area contributed by atoms with E-state index < -0.39 is 0 Å². The van der Waals surface area contributed by atoms with Gasteiger partial charge in [-0.05, 0) is 90.5 Å². The highest BCUT2D eigenvalue weighted by Gasteiger charge is 2.37. The van der Waals surface area contributed by atoms with Crippen molar-refractivity contribution >= 4 is 17.0 Å². The molecule has 0 saturated heterocycles. The van der Waals surface area contributed by atoms with E-state index in [2.05, 4.69) is 116 Å². The van der Waals surface area contributed by atoms with Crippen LogP contribution in [-0.2, 0) is 0 Å². The Morgan fingerprint density at radius 2 is 1.76 bits per heavy atom. The summed E-state index contributed by atoms with van der Waals surface area (Å²) in [6, 6.07) is 4.71. The smallest absolute Gasteiger partial charge is 0.135 e. The molecule has 5 unspecified atom stereocenters. The first kappa shape index (κ1) is 31.1. The van der Waals surface area contributed by atoms with Gasteiger partial charge in [-0.3, -0.25) is 0 Å². The first-order valence-corrected chi connectivity index (χ1v) is 15.5. The number of aryl methyl sites for hydroxylation is 1. The zero-order chi connectivity index (χ0) is 30.4. The molecule has 42 heavy (non-hydrogen) atoms. The van der Waals surface area contributed by atoms with Gasteiger partial charge in [-0.2, -0.15) is 0 Å². The van der Waals surface area contributed by atoms with Gasteiger partial charge in [0.2, 0.25) is 0 Å². The summed E-state index contributed by atoms with van der Waals surface area (Å²) in [5.41, 5.74) is 10.7. The second-order valence-electron chi connectivity index (χ2n) is 11.9. The van der Waals surface area contributed by atoms with E-state index in [-0.39, 0.29) is 0 Å². The molecule has 1 aromatic carbocycles. The molecule has 0 aliphatic heterocycles. The number of benzene rings is 1. The van der Waals surface area contributed by atoms with Crippen LogP contribution in [0.2, 0.25) is 0 Å². The van der Waals surface area contributed by atoms with Crippen molar-refractivity contribution in [1.82, 2.24) is 0 Å². The first-order chi connectivity index (χ1) is 20.2. The number of rotatable bonds is 11. The van der Waals surface area contributed by atoms with Crippen LogP contribution in [0.15, 0.2) is 131 Å². The van der Waals surface area contributed by atoms with Gasteiger partial charge in [0.05, 0.1) is 0 Å². The van der Waals surface area contributed by atoms with Crippen LogP contribution in [0.3, 0.4) is 0 Å². The molecule has 0 saturated carbocycles. The van der Waals surface area contributed by atoms with Crippen LogP contribution in [0.5, 0.6) is 0 Å². The number of furan rings is 1. The summed E-state index contributed by atoms with van der Waals surface area (Å²) in [6.07, 6.45) is 29.7. The van der Waals surface area contributed by atoms with Crippen molar-refractivity contribution in [3.63, 3.8) is 0 Å². The lowest BCUT2D eigenvalue weighted by atomic mass is 9.64. The van der Waals surface area contributed by atoms with Crippen molar-refractivity contribution in [2.24, 2.45) is 17.8 Å². The molecule has 4 rings (SSSR count). The molecule has 218 valence electrons. The monoisotopic (exact) mass is 556 g/mol. The van der Waals surface area contributed by atoms with E-state index in [1.54, 1.807) is 6.08 Å². The lowest BCUT2D eigenvalue weighted by molar-refractivity contribution is 0.491. The minimum absolute atomic E-state index is 0.293. The van der Waals surface area contributed by atoms with Crippen LogP contribution in [-0.4, -0.2) is 0 Å². The average Bonchev–Trinajstić information content (AvgIpc) is 3.31. The summed E-state index contributed by atoms with van der Waals surface area (Å²) in [6.45, 7) is 25.3. The van der Waals surface area contributed by atoms with Crippen LogP contribution < -0.4 is 0 Å². The summed E-state index contributed by atoms with van der Waals surface area (Å²) in [4.78, 5) is 0. The Morgan fingerprint density at radius 3 is 2.45 bits per heavy atom. The molecule has 2 aromatic rings. The Balaban J connectivity index is 1.72. The fourth-order valence-electron chi connectivity index (χ4n) is 6.66. The van der Waals surface area contributed by atoms with Gasteiger partial charge in [0.25, 0.3) is 0 Å². The Hall–Kier alpha value is -3.84. The highest BCUT2D eigenvalue weighted by molar-refractivity contribution is 5.87. The molecule has 2 aliphatic carbocycles. The first-order valence-electron chi connectivity index (χ1n) is 15.5. The number of hydrogen-bond acceptors (Lipinski definition) is 1. The molecule has 5 atom stereocenters. The largest absolute Gasteiger partial charge is 0.456 e. The van der Waals surface area contributed by atoms with Gasteiger partial charge in [-0.25, -0.2) is 0 Å². The highest BCUT2D eigenvalue weighted by Crippen LogP contribution is 2.52. The normalized spacial score (nSPS) is 22.7. The third-order valence-corrected chi connectivity index (χ3v) is 9.40. The Bertz CT molecular complexity index is 1550. The van der Waals surface area contributed by atoms with Crippen molar-refractivity contribution in [2.45, 2.75) is 66.2 Å². The van der Waals surface area contributed by atoms with Gasteiger partial charge in [0, 0.05) is 22.8 Å². The second kappa shape index (κ2) is 13.9. The maximum absolute atomic E-state index is 6.35. The number of fused-ring (bicyclic) bond motifs is 4. The molecule has 1 heteroatoms. The molecule has 0 bridgehead atoms. The zero-order valence-corrected chi connectivity index (χ0v) is 26.5. The van der Waals surface area contributed by atoms with E-state index in [4.69, 9.17) is 4.42 Å². The number of hydrogen-bond donors (Lipinski definition) is 0. The Kier molecular flexibility index (Phi) is 10.3. The molecule has 0 spiro atoms. The fourth-order valence-corrected chi connectivity index (χ4v) is 6.66. The molecule has 2 aliphatic rings. The average molecular weight is 557 g/mol. The van der Waals surface area contributed by atoms with Crippen molar-refractivity contribution < 1.29 is 4.42 Å². The van der Waals surface area contributed by atoms with Crippen LogP contribution in [0.4, 0.5) is 0 Å². The van der Waals surface area contributed by atoms with Crippen molar-refractivity contribution in [1.29, 1.82) is 0 Å². The second-order valence-corrected chi connectivity index (χ2v) is 11.9. The minimum atomic E-state index is 0.293. The van der Waals surface area contributed by atoms with Gasteiger partial charge in [0.1, 0.15) is 11.3 Å². The Labute approximate surface area is 254 Å². The molecule has 1 heterocycles. The number of allylic oxidation sites excluding steroid dienone is 16. The molecule has 0 N–H and O–H groups in total. The quantitative estimate of drug-likeness (QED) is 0.251. The predicted molar refractivity (Wildman–Crippen MR) is 185 cm³/mol. The van der Waals surface area contributed by atoms with Crippen molar-refractivity contribution in [2.75, 3.05) is 0 Å². The van der Waals surface area contributed by atoms with Crippen LogP contribution >= 0.6 is 0 Å². The van der Waals surface area contributed by atoms with Gasteiger partial charge in [0.15, 0.2) is 0 Å². The zero-order valence-electron chi connectivity index (χ0n) is 26.5. The summed E-state index contributed by atoms with van der Waals surface area (Å²) >= 11 is 0. The van der Waals surface area contributed by atoms with E-state index >= 15 is 0 Å². The summed E-state index contributed by atoms with van der Waals surface area (Å²) < 4.78 is 6.35. The van der Waals surface area contributed by atoms with Gasteiger partial charge in [-0.15, -0.1) is 0 Å². The highest BCUT2D eigenvalue weighted by atomic mass is 16.3. The van der Waals surface area contributed by atoms with Crippen LogP contribution in [0.25, 0.3) is 17.0 Å². The molecular formula is C41H48O. The van der Waals surface area contributed by atoms with Crippen LogP contribution in [0, 0.1) is 24.7 Å². The lowest BCUT2D eigenvalue weighted by Crippen LogP contribution is -2.26. The maximum atomic E-state index is 6.35. The Morgan fingerprint density at radius 1 is 1.02 bits per heavy atom. The van der Waals surface area contributed by atoms with E-state index in [1.807, 2.05) is 30.4 Å². The van der Waals surface area contributed by atoms with E-state index in [1.165, 1.54) is 44.4 Å². The molecule has 0 radical (unpaired) electrons. The minimum Gasteiger partial charge on any atom is -0.456 e. The summed E-state index contributed by atoms with van der Waals surface area (Å²) in [7, 11) is 0. The fraction of sp³-hybridized carbons (Fsp3) is 0.317. The van der Waals surface area contributed by atoms with Gasteiger partial charge < -0.3 is 4.42 Å². The maximum Gasteiger partial charge on any atom is 0.135 e. The summed E-state index contributed by atoms with van der Waals surface area (Å²) in [5, 5.41) is 1.20. The van der Waals surface area contributed by atoms with Crippen molar-refractivity contribution in [3.8, 4) is 0 Å². The standard InChI is InChI=1S/C41H48O/c1-10-14-17-18-27(5)32(13-4)23-28(6)29(7)33-21-22-35-36(24-33)30(8)34(19-15-11-2)38-25-37-31(9)40(20-16-12-3)42-41(37)26-39(35)38/h10-12,14-21,23-26,28-30,34-35H,1-3,13,22H2,4-9H3/b17-14-,19-15-,20-16-,27-18+,32-23+. The van der Waals surface area contributed by atoms with Gasteiger partial charge >= 0.3 is 0 Å². The summed E-state index contributed by atoms with van der Waals surface area (Å²) in [5.74, 6) is 2.84. The lowest BCUT2D eigenvalue weighted by Gasteiger charge is -2.40. The van der Waals surface area contributed by atoms with Crippen LogP contribution in [0.1, 0.15) is 81.7 Å². The third kappa shape index (κ3) is 6.31. The topological polar surface area (TPSA) is 13.1 Å². The molecular weight excluding hydrogens is 508 g/mol. The molecule has 0 amide bonds. The van der Waals surface area contributed by atoms with E-state index in [0.717, 1.165) is 24.2 Å². The van der Waals surface area contributed by atoms with E-state index in [9.17, 15) is 0 Å². The molecule has 0 fully saturated rings. The molecule has 1 aromatic heterocycles.